The van der Waals surface area contributed by atoms with Crippen molar-refractivity contribution in [1.29, 1.82) is 0 Å². The van der Waals surface area contributed by atoms with Gasteiger partial charge in [-0.15, -0.1) is 0 Å². The summed E-state index contributed by atoms with van der Waals surface area (Å²) in [6.45, 7) is 28.2. The average molecular weight is 476 g/mol. The van der Waals surface area contributed by atoms with Crippen LogP contribution in [0.3, 0.4) is 0 Å². The molecule has 0 saturated carbocycles. The van der Waals surface area contributed by atoms with E-state index in [2.05, 4.69) is 67.7 Å². The molecule has 31 heavy (non-hydrogen) atoms. The summed E-state index contributed by atoms with van der Waals surface area (Å²) < 4.78 is 18.6. The molecule has 0 aromatic carbocycles. The molecule has 1 N–H and O–H groups in total. The van der Waals surface area contributed by atoms with Crippen LogP contribution in [0.2, 0.25) is 36.3 Å². The van der Waals surface area contributed by atoms with Gasteiger partial charge in [0.2, 0.25) is 0 Å². The van der Waals surface area contributed by atoms with E-state index in [4.69, 9.17) is 13.6 Å². The Hall–Kier alpha value is -0.416. The lowest BCUT2D eigenvalue weighted by Gasteiger charge is -2.40. The van der Waals surface area contributed by atoms with Crippen molar-refractivity contribution in [2.75, 3.05) is 13.2 Å². The Labute approximate surface area is 193 Å². The molecule has 6 nitrogen and oxygen atoms in total. The molecule has 8 heteroatoms. The Bertz CT molecular complexity index is 617. The SMILES string of the molecule is CC(C)(C)OC(=O)N1[C@@H](CO[Si](C)(C)C(C)(C)C)C[C@H](O)[C@H]1CO[Si](C)(C)C(C)(C)C. The first-order chi connectivity index (χ1) is 13.6. The zero-order valence-electron chi connectivity index (χ0n) is 22.4. The van der Waals surface area contributed by atoms with E-state index >= 15 is 0 Å². The van der Waals surface area contributed by atoms with Crippen molar-refractivity contribution < 1.29 is 23.5 Å². The smallest absolute Gasteiger partial charge is 0.411 e. The van der Waals surface area contributed by atoms with Crippen LogP contribution in [-0.2, 0) is 13.6 Å². The third-order valence-electron chi connectivity index (χ3n) is 7.18. The number of ether oxygens (including phenoxy) is 1. The molecule has 0 radical (unpaired) electrons. The van der Waals surface area contributed by atoms with E-state index in [0.717, 1.165) is 0 Å². The molecular weight excluding hydrogens is 426 g/mol. The van der Waals surface area contributed by atoms with Gasteiger partial charge in [0, 0.05) is 0 Å². The topological polar surface area (TPSA) is 68.2 Å². The predicted octanol–water partition coefficient (Wildman–Crippen LogP) is 5.77. The Kier molecular flexibility index (Phi) is 8.72. The number of carbonyl (C=O) groups is 1. The number of hydrogen-bond donors (Lipinski definition) is 1. The highest BCUT2D eigenvalue weighted by Gasteiger charge is 2.48. The molecule has 1 rings (SSSR count). The lowest BCUT2D eigenvalue weighted by Crippen LogP contribution is -2.52. The number of nitrogens with zero attached hydrogens (tertiary/aromatic N) is 1. The molecule has 0 spiro atoms. The van der Waals surface area contributed by atoms with Crippen LogP contribution >= 0.6 is 0 Å². The maximum Gasteiger partial charge on any atom is 0.411 e. The van der Waals surface area contributed by atoms with Crippen LogP contribution in [0.5, 0.6) is 0 Å². The first-order valence-electron chi connectivity index (χ1n) is 11.6. The molecular formula is C23H49NO5Si2. The standard InChI is InChI=1S/C23H49NO5Si2/c1-21(2,3)29-20(26)24-17(15-27-30(10,11)22(4,5)6)14-19(25)18(24)16-28-31(12,13)23(7,8)9/h17-19,25H,14-16H2,1-13H3/t17-,18-,19+/m1/s1. The van der Waals surface area contributed by atoms with Gasteiger partial charge in [-0.2, -0.15) is 0 Å². The Morgan fingerprint density at radius 3 is 1.68 bits per heavy atom. The van der Waals surface area contributed by atoms with Crippen molar-refractivity contribution in [3.8, 4) is 0 Å². The highest BCUT2D eigenvalue weighted by atomic mass is 28.4. The van der Waals surface area contributed by atoms with E-state index < -0.39 is 40.5 Å². The van der Waals surface area contributed by atoms with Crippen LogP contribution in [0.25, 0.3) is 0 Å². The van der Waals surface area contributed by atoms with Crippen LogP contribution in [-0.4, -0.2) is 69.7 Å². The Balaban J connectivity index is 3.09. The molecule has 1 saturated heterocycles. The molecule has 0 aliphatic carbocycles. The molecule has 0 aromatic rings. The van der Waals surface area contributed by atoms with Crippen molar-refractivity contribution in [2.24, 2.45) is 0 Å². The number of amides is 1. The molecule has 0 aromatic heterocycles. The molecule has 184 valence electrons. The minimum Gasteiger partial charge on any atom is -0.444 e. The van der Waals surface area contributed by atoms with Gasteiger partial charge in [-0.1, -0.05) is 41.5 Å². The predicted molar refractivity (Wildman–Crippen MR) is 133 cm³/mol. The fraction of sp³-hybridized carbons (Fsp3) is 0.957. The summed E-state index contributed by atoms with van der Waals surface area (Å²) in [5.41, 5.74) is -0.611. The molecule has 1 aliphatic heterocycles. The fourth-order valence-corrected chi connectivity index (χ4v) is 5.04. The van der Waals surface area contributed by atoms with Crippen molar-refractivity contribution in [3.05, 3.63) is 0 Å². The molecule has 3 atom stereocenters. The monoisotopic (exact) mass is 475 g/mol. The van der Waals surface area contributed by atoms with Gasteiger partial charge in [0.15, 0.2) is 16.6 Å². The fourth-order valence-electron chi connectivity index (χ4n) is 2.98. The molecule has 0 unspecified atom stereocenters. The Morgan fingerprint density at radius 1 is 0.871 bits per heavy atom. The van der Waals surface area contributed by atoms with Crippen LogP contribution in [0.1, 0.15) is 68.7 Å². The lowest BCUT2D eigenvalue weighted by atomic mass is 10.1. The highest BCUT2D eigenvalue weighted by molar-refractivity contribution is 6.74. The highest BCUT2D eigenvalue weighted by Crippen LogP contribution is 2.39. The van der Waals surface area contributed by atoms with Gasteiger partial charge in [-0.25, -0.2) is 4.79 Å². The number of likely N-dealkylation sites (tertiary alicyclic amines) is 1. The summed E-state index contributed by atoms with van der Waals surface area (Å²) in [6.07, 6.45) is -0.596. The third kappa shape index (κ3) is 7.55. The average Bonchev–Trinajstić information content (AvgIpc) is 2.83. The van der Waals surface area contributed by atoms with Crippen LogP contribution in [0.4, 0.5) is 4.79 Å². The normalized spacial score (nSPS) is 23.9. The van der Waals surface area contributed by atoms with E-state index in [9.17, 15) is 9.90 Å². The lowest BCUT2D eigenvalue weighted by molar-refractivity contribution is -0.00332. The second-order valence-electron chi connectivity index (χ2n) is 13.1. The van der Waals surface area contributed by atoms with Gasteiger partial charge in [0.25, 0.3) is 0 Å². The van der Waals surface area contributed by atoms with Crippen molar-refractivity contribution in [1.82, 2.24) is 4.90 Å². The first-order valence-corrected chi connectivity index (χ1v) is 17.4. The second-order valence-corrected chi connectivity index (χ2v) is 22.7. The Morgan fingerprint density at radius 2 is 1.29 bits per heavy atom. The zero-order valence-corrected chi connectivity index (χ0v) is 24.4. The number of carbonyl (C=O) groups excluding carboxylic acids is 1. The van der Waals surface area contributed by atoms with Crippen molar-refractivity contribution in [3.63, 3.8) is 0 Å². The molecule has 1 amide bonds. The summed E-state index contributed by atoms with van der Waals surface area (Å²) in [6, 6.07) is -0.663. The molecule has 1 aliphatic rings. The minimum atomic E-state index is -2.02. The van der Waals surface area contributed by atoms with Gasteiger partial charge in [0.05, 0.1) is 31.4 Å². The zero-order chi connectivity index (χ0) is 24.6. The summed E-state index contributed by atoms with van der Waals surface area (Å²) >= 11 is 0. The van der Waals surface area contributed by atoms with Crippen molar-refractivity contribution in [2.45, 2.75) is 129 Å². The maximum atomic E-state index is 13.2. The summed E-state index contributed by atoms with van der Waals surface area (Å²) in [7, 11) is -4.01. The quantitative estimate of drug-likeness (QED) is 0.494. The van der Waals surface area contributed by atoms with Gasteiger partial charge >= 0.3 is 6.09 Å². The number of aliphatic hydroxyl groups excluding tert-OH is 1. The maximum absolute atomic E-state index is 13.2. The summed E-state index contributed by atoms with van der Waals surface area (Å²) in [5, 5.41) is 11.0. The van der Waals surface area contributed by atoms with Crippen LogP contribution in [0, 0.1) is 0 Å². The molecule has 1 fully saturated rings. The minimum absolute atomic E-state index is 0.0537. The number of aliphatic hydroxyl groups is 1. The van der Waals surface area contributed by atoms with Gasteiger partial charge in [-0.05, 0) is 63.5 Å². The van der Waals surface area contributed by atoms with Crippen LogP contribution < -0.4 is 0 Å². The van der Waals surface area contributed by atoms with E-state index in [1.54, 1.807) is 4.90 Å². The van der Waals surface area contributed by atoms with Crippen molar-refractivity contribution >= 4 is 22.7 Å². The second kappa shape index (κ2) is 9.45. The summed E-state index contributed by atoms with van der Waals surface area (Å²) in [5.74, 6) is 0. The molecule has 1 heterocycles. The largest absolute Gasteiger partial charge is 0.444 e. The number of hydrogen-bond acceptors (Lipinski definition) is 5. The number of rotatable bonds is 6. The van der Waals surface area contributed by atoms with E-state index in [1.165, 1.54) is 0 Å². The van der Waals surface area contributed by atoms with E-state index in [1.807, 2.05) is 20.8 Å². The van der Waals surface area contributed by atoms with Gasteiger partial charge in [-0.3, -0.25) is 4.90 Å². The van der Waals surface area contributed by atoms with Crippen LogP contribution in [0.15, 0.2) is 0 Å². The van der Waals surface area contributed by atoms with E-state index in [0.29, 0.717) is 19.6 Å². The van der Waals surface area contributed by atoms with Gasteiger partial charge in [0.1, 0.15) is 5.60 Å². The third-order valence-corrected chi connectivity index (χ3v) is 16.2. The van der Waals surface area contributed by atoms with Gasteiger partial charge < -0.3 is 18.7 Å². The molecule has 0 bridgehead atoms. The van der Waals surface area contributed by atoms with E-state index in [-0.39, 0.29) is 16.1 Å². The summed E-state index contributed by atoms with van der Waals surface area (Å²) in [4.78, 5) is 14.9. The first kappa shape index (κ1) is 28.6.